The van der Waals surface area contributed by atoms with Crippen LogP contribution in [0.3, 0.4) is 0 Å². The van der Waals surface area contributed by atoms with Crippen molar-refractivity contribution >= 4 is 16.0 Å². The average molecular weight is 342 g/mol. The normalized spacial score (nSPS) is 13.3. The maximum atomic E-state index is 12.6. The minimum Gasteiger partial charge on any atom is -0.478 e. The van der Waals surface area contributed by atoms with Gasteiger partial charge < -0.3 is 5.11 Å². The van der Waals surface area contributed by atoms with Gasteiger partial charge in [-0.15, -0.1) is 0 Å². The zero-order valence-electron chi connectivity index (χ0n) is 14.2. The third kappa shape index (κ3) is 5.02. The van der Waals surface area contributed by atoms with Gasteiger partial charge in [0.05, 0.1) is 10.5 Å². The number of carboxylic acids is 1. The molecule has 0 aliphatic carbocycles. The Morgan fingerprint density at radius 2 is 1.87 bits per heavy atom. The molecule has 0 spiro atoms. The number of nitrogens with zero attached hydrogens (tertiary/aromatic N) is 1. The largest absolute Gasteiger partial charge is 0.478 e. The van der Waals surface area contributed by atoms with Gasteiger partial charge in [0, 0.05) is 12.6 Å². The number of benzene rings is 1. The van der Waals surface area contributed by atoms with Crippen LogP contribution in [-0.2, 0) is 16.4 Å². The van der Waals surface area contributed by atoms with E-state index in [0.717, 1.165) is 13.1 Å². The van der Waals surface area contributed by atoms with Crippen molar-refractivity contribution in [2.24, 2.45) is 0 Å². The lowest BCUT2D eigenvalue weighted by Gasteiger charge is -2.26. The molecule has 0 heterocycles. The summed E-state index contributed by atoms with van der Waals surface area (Å²) in [6.07, 6.45) is 0.516. The van der Waals surface area contributed by atoms with Gasteiger partial charge in [0.15, 0.2) is 0 Å². The Kier molecular flexibility index (Phi) is 7.18. The van der Waals surface area contributed by atoms with Crippen LogP contribution in [0.2, 0.25) is 0 Å². The molecule has 1 aromatic carbocycles. The van der Waals surface area contributed by atoms with E-state index in [0.29, 0.717) is 12.0 Å². The number of sulfonamides is 1. The zero-order chi connectivity index (χ0) is 17.6. The van der Waals surface area contributed by atoms with Crippen LogP contribution in [0.1, 0.15) is 43.6 Å². The van der Waals surface area contributed by atoms with E-state index in [9.17, 15) is 13.2 Å². The summed E-state index contributed by atoms with van der Waals surface area (Å²) >= 11 is 0. The Balaban J connectivity index is 3.03. The van der Waals surface area contributed by atoms with E-state index >= 15 is 0 Å². The van der Waals surface area contributed by atoms with Gasteiger partial charge in [-0.1, -0.05) is 26.8 Å². The Hall–Kier alpha value is -1.44. The Morgan fingerprint density at radius 3 is 2.35 bits per heavy atom. The van der Waals surface area contributed by atoms with Crippen molar-refractivity contribution in [3.05, 3.63) is 29.3 Å². The van der Waals surface area contributed by atoms with Crippen molar-refractivity contribution in [1.29, 1.82) is 0 Å². The highest BCUT2D eigenvalue weighted by Crippen LogP contribution is 2.19. The maximum Gasteiger partial charge on any atom is 0.335 e. The van der Waals surface area contributed by atoms with Crippen LogP contribution in [0, 0.1) is 0 Å². The molecular weight excluding hydrogens is 316 g/mol. The van der Waals surface area contributed by atoms with Crippen LogP contribution in [0.5, 0.6) is 0 Å². The van der Waals surface area contributed by atoms with Crippen LogP contribution in [0.25, 0.3) is 0 Å². The van der Waals surface area contributed by atoms with E-state index in [1.54, 1.807) is 6.07 Å². The Labute approximate surface area is 138 Å². The van der Waals surface area contributed by atoms with Crippen molar-refractivity contribution in [3.8, 4) is 0 Å². The van der Waals surface area contributed by atoms with Crippen molar-refractivity contribution < 1.29 is 18.3 Å². The predicted molar refractivity (Wildman–Crippen MR) is 90.4 cm³/mol. The quantitative estimate of drug-likeness (QED) is 0.716. The smallest absolute Gasteiger partial charge is 0.335 e. The van der Waals surface area contributed by atoms with Crippen LogP contribution < -0.4 is 4.72 Å². The molecule has 0 saturated carbocycles. The second-order valence-electron chi connectivity index (χ2n) is 5.40. The molecule has 0 bridgehead atoms. The molecule has 1 aromatic rings. The summed E-state index contributed by atoms with van der Waals surface area (Å²) in [4.78, 5) is 13.3. The molecule has 1 unspecified atom stereocenters. The van der Waals surface area contributed by atoms with Gasteiger partial charge in [-0.3, -0.25) is 4.90 Å². The number of hydrogen-bond donors (Lipinski definition) is 2. The molecule has 0 aliphatic heterocycles. The Morgan fingerprint density at radius 1 is 1.26 bits per heavy atom. The fraction of sp³-hybridized carbons (Fsp3) is 0.562. The molecule has 6 nitrogen and oxygen atoms in total. The van der Waals surface area contributed by atoms with Gasteiger partial charge in [0.2, 0.25) is 10.0 Å². The van der Waals surface area contributed by atoms with Gasteiger partial charge in [-0.2, -0.15) is 0 Å². The van der Waals surface area contributed by atoms with E-state index in [2.05, 4.69) is 9.62 Å². The number of rotatable bonds is 9. The van der Waals surface area contributed by atoms with Crippen molar-refractivity contribution in [1.82, 2.24) is 9.62 Å². The van der Waals surface area contributed by atoms with E-state index in [-0.39, 0.29) is 23.0 Å². The number of aryl methyl sites for hydroxylation is 1. The highest BCUT2D eigenvalue weighted by molar-refractivity contribution is 7.89. The second kappa shape index (κ2) is 8.42. The van der Waals surface area contributed by atoms with E-state index in [1.165, 1.54) is 12.1 Å². The van der Waals surface area contributed by atoms with E-state index < -0.39 is 16.0 Å². The van der Waals surface area contributed by atoms with Crippen LogP contribution in [-0.4, -0.2) is 50.1 Å². The Bertz CT molecular complexity index is 639. The fourth-order valence-electron chi connectivity index (χ4n) is 2.51. The third-order valence-corrected chi connectivity index (χ3v) is 5.49. The first-order valence-corrected chi connectivity index (χ1v) is 9.35. The number of likely N-dealkylation sites (N-methyl/N-ethyl adjacent to an activating group) is 1. The van der Waals surface area contributed by atoms with Crippen molar-refractivity contribution in [2.75, 3.05) is 19.6 Å². The SMILES string of the molecule is CCc1ccc(C(=O)O)cc1S(=O)(=O)NCC(C)N(CC)CC. The molecule has 1 rings (SSSR count). The highest BCUT2D eigenvalue weighted by Gasteiger charge is 2.21. The summed E-state index contributed by atoms with van der Waals surface area (Å²) in [5.41, 5.74) is 0.581. The first-order chi connectivity index (χ1) is 10.8. The minimum absolute atomic E-state index is 0.0284. The highest BCUT2D eigenvalue weighted by atomic mass is 32.2. The summed E-state index contributed by atoms with van der Waals surface area (Å²) in [6, 6.07) is 4.28. The van der Waals surface area contributed by atoms with Crippen molar-refractivity contribution in [2.45, 2.75) is 45.1 Å². The molecule has 130 valence electrons. The lowest BCUT2D eigenvalue weighted by Crippen LogP contribution is -2.42. The molecule has 7 heteroatoms. The van der Waals surface area contributed by atoms with Gasteiger partial charge in [0.1, 0.15) is 0 Å². The van der Waals surface area contributed by atoms with Crippen LogP contribution in [0.4, 0.5) is 0 Å². The number of carboxylic acid groups (broad SMARTS) is 1. The van der Waals surface area contributed by atoms with Crippen LogP contribution in [0.15, 0.2) is 23.1 Å². The summed E-state index contributed by atoms with van der Waals surface area (Å²) in [5, 5.41) is 9.07. The van der Waals surface area contributed by atoms with E-state index in [1.807, 2.05) is 27.7 Å². The molecule has 0 aromatic heterocycles. The molecular formula is C16H26N2O4S. The van der Waals surface area contributed by atoms with Crippen LogP contribution >= 0.6 is 0 Å². The number of aromatic carboxylic acids is 1. The van der Waals surface area contributed by atoms with Gasteiger partial charge in [0.25, 0.3) is 0 Å². The molecule has 0 amide bonds. The summed E-state index contributed by atoms with van der Waals surface area (Å²) in [6.45, 7) is 9.82. The number of carbonyl (C=O) groups is 1. The molecule has 0 radical (unpaired) electrons. The zero-order valence-corrected chi connectivity index (χ0v) is 15.0. The van der Waals surface area contributed by atoms with E-state index in [4.69, 9.17) is 5.11 Å². The first-order valence-electron chi connectivity index (χ1n) is 7.86. The lowest BCUT2D eigenvalue weighted by atomic mass is 10.1. The van der Waals surface area contributed by atoms with Crippen molar-refractivity contribution in [3.63, 3.8) is 0 Å². The number of nitrogens with one attached hydrogen (secondary N) is 1. The topological polar surface area (TPSA) is 86.7 Å². The predicted octanol–water partition coefficient (Wildman–Crippen LogP) is 1.96. The standard InChI is InChI=1S/C16H26N2O4S/c1-5-13-8-9-14(16(19)20)10-15(13)23(21,22)17-11-12(4)18(6-2)7-3/h8-10,12,17H,5-7,11H2,1-4H3,(H,19,20). The average Bonchev–Trinajstić information content (AvgIpc) is 2.53. The third-order valence-electron chi connectivity index (χ3n) is 3.99. The summed E-state index contributed by atoms with van der Waals surface area (Å²) in [7, 11) is -3.74. The molecule has 1 atom stereocenters. The lowest BCUT2D eigenvalue weighted by molar-refractivity contribution is 0.0696. The monoisotopic (exact) mass is 342 g/mol. The molecule has 0 saturated heterocycles. The second-order valence-corrected chi connectivity index (χ2v) is 7.14. The molecule has 23 heavy (non-hydrogen) atoms. The fourth-order valence-corrected chi connectivity index (χ4v) is 3.97. The molecule has 0 fully saturated rings. The van der Waals surface area contributed by atoms with Gasteiger partial charge in [-0.05, 0) is 44.1 Å². The summed E-state index contributed by atoms with van der Waals surface area (Å²) < 4.78 is 27.7. The number of hydrogen-bond acceptors (Lipinski definition) is 4. The molecule has 0 aliphatic rings. The summed E-state index contributed by atoms with van der Waals surface area (Å²) in [5.74, 6) is -1.14. The van der Waals surface area contributed by atoms with Gasteiger partial charge in [-0.25, -0.2) is 17.9 Å². The molecule has 2 N–H and O–H groups in total. The maximum absolute atomic E-state index is 12.6. The minimum atomic E-state index is -3.74. The van der Waals surface area contributed by atoms with Gasteiger partial charge >= 0.3 is 5.97 Å². The first kappa shape index (κ1) is 19.6.